The van der Waals surface area contributed by atoms with E-state index in [4.69, 9.17) is 0 Å². The van der Waals surface area contributed by atoms with E-state index in [0.29, 0.717) is 24.4 Å². The van der Waals surface area contributed by atoms with E-state index in [-0.39, 0.29) is 18.3 Å². The number of rotatable bonds is 7. The first-order valence-corrected chi connectivity index (χ1v) is 8.58. The van der Waals surface area contributed by atoms with Crippen molar-refractivity contribution in [2.75, 3.05) is 39.8 Å². The number of carbonyl (C=O) groups excluding carboxylic acids is 1. The molecular formula is C17H36ClN3O. The lowest BCUT2D eigenvalue weighted by Gasteiger charge is -2.31. The predicted molar refractivity (Wildman–Crippen MR) is 96.6 cm³/mol. The minimum absolute atomic E-state index is 0. The Morgan fingerprint density at radius 3 is 2.23 bits per heavy atom. The molecule has 0 spiro atoms. The summed E-state index contributed by atoms with van der Waals surface area (Å²) in [5, 5.41) is 3.44. The van der Waals surface area contributed by atoms with E-state index >= 15 is 0 Å². The molecule has 0 aromatic rings. The van der Waals surface area contributed by atoms with Crippen LogP contribution in [0, 0.1) is 11.8 Å². The molecule has 0 aromatic carbocycles. The molecule has 0 saturated carbocycles. The Bertz CT molecular complexity index is 292. The smallest absolute Gasteiger partial charge is 0.236 e. The molecule has 4 nitrogen and oxygen atoms in total. The molecule has 0 bridgehead atoms. The van der Waals surface area contributed by atoms with E-state index in [1.54, 1.807) is 0 Å². The summed E-state index contributed by atoms with van der Waals surface area (Å²) in [5.41, 5.74) is 0. The number of carbonyl (C=O) groups is 1. The van der Waals surface area contributed by atoms with Crippen LogP contribution >= 0.6 is 12.4 Å². The van der Waals surface area contributed by atoms with Gasteiger partial charge in [-0.1, -0.05) is 27.7 Å². The summed E-state index contributed by atoms with van der Waals surface area (Å²) in [7, 11) is 2.11. The van der Waals surface area contributed by atoms with Crippen molar-refractivity contribution in [3.05, 3.63) is 0 Å². The highest BCUT2D eigenvalue weighted by atomic mass is 35.5. The second-order valence-corrected chi connectivity index (χ2v) is 7.34. The highest BCUT2D eigenvalue weighted by molar-refractivity contribution is 5.85. The molecule has 1 atom stereocenters. The SMILES string of the molecule is CC(C)CN(CC(C)C)C(=O)CN(C)C1CCCNCC1.Cl. The average Bonchev–Trinajstić information content (AvgIpc) is 2.65. The van der Waals surface area contributed by atoms with Crippen LogP contribution in [0.1, 0.15) is 47.0 Å². The topological polar surface area (TPSA) is 35.6 Å². The zero-order valence-electron chi connectivity index (χ0n) is 15.1. The maximum absolute atomic E-state index is 12.6. The number of likely N-dealkylation sites (N-methyl/N-ethyl adjacent to an activating group) is 1. The summed E-state index contributed by atoms with van der Waals surface area (Å²) in [4.78, 5) is 16.9. The van der Waals surface area contributed by atoms with Crippen LogP contribution in [0.15, 0.2) is 0 Å². The van der Waals surface area contributed by atoms with Gasteiger partial charge in [-0.05, 0) is 51.2 Å². The fourth-order valence-electron chi connectivity index (χ4n) is 3.04. The summed E-state index contributed by atoms with van der Waals surface area (Å²) < 4.78 is 0. The Kier molecular flexibility index (Phi) is 11.1. The molecule has 1 heterocycles. The highest BCUT2D eigenvalue weighted by Gasteiger charge is 2.22. The van der Waals surface area contributed by atoms with Crippen LogP contribution in [0.2, 0.25) is 0 Å². The first kappa shape index (κ1) is 21.7. The number of nitrogens with zero attached hydrogens (tertiary/aromatic N) is 2. The summed E-state index contributed by atoms with van der Waals surface area (Å²) in [5.74, 6) is 1.34. The van der Waals surface area contributed by atoms with Gasteiger partial charge in [0.05, 0.1) is 6.54 Å². The van der Waals surface area contributed by atoms with E-state index in [0.717, 1.165) is 32.6 Å². The molecule has 22 heavy (non-hydrogen) atoms. The van der Waals surface area contributed by atoms with Crippen LogP contribution in [0.25, 0.3) is 0 Å². The van der Waals surface area contributed by atoms with E-state index in [1.165, 1.54) is 12.8 Å². The maximum atomic E-state index is 12.6. The third-order valence-corrected chi connectivity index (χ3v) is 4.08. The van der Waals surface area contributed by atoms with Gasteiger partial charge in [-0.25, -0.2) is 0 Å². The molecule has 0 radical (unpaired) electrons. The monoisotopic (exact) mass is 333 g/mol. The van der Waals surface area contributed by atoms with Crippen molar-refractivity contribution < 1.29 is 4.79 Å². The van der Waals surface area contributed by atoms with Crippen molar-refractivity contribution >= 4 is 18.3 Å². The molecule has 0 aromatic heterocycles. The normalized spacial score (nSPS) is 19.2. The van der Waals surface area contributed by atoms with Crippen LogP contribution in [0.4, 0.5) is 0 Å². The van der Waals surface area contributed by atoms with Gasteiger partial charge < -0.3 is 10.2 Å². The molecule has 1 amide bonds. The van der Waals surface area contributed by atoms with Crippen LogP contribution in [-0.4, -0.2) is 61.5 Å². The highest BCUT2D eigenvalue weighted by Crippen LogP contribution is 2.13. The van der Waals surface area contributed by atoms with Gasteiger partial charge in [0.1, 0.15) is 0 Å². The molecule has 5 heteroatoms. The van der Waals surface area contributed by atoms with Gasteiger partial charge in [-0.15, -0.1) is 12.4 Å². The van der Waals surface area contributed by atoms with Gasteiger partial charge in [-0.3, -0.25) is 9.69 Å². The van der Waals surface area contributed by atoms with Gasteiger partial charge >= 0.3 is 0 Å². The molecule has 1 unspecified atom stereocenters. The number of amides is 1. The van der Waals surface area contributed by atoms with Gasteiger partial charge in [0, 0.05) is 19.1 Å². The van der Waals surface area contributed by atoms with Crippen LogP contribution in [0.3, 0.4) is 0 Å². The second-order valence-electron chi connectivity index (χ2n) is 7.34. The molecular weight excluding hydrogens is 298 g/mol. The largest absolute Gasteiger partial charge is 0.341 e. The zero-order chi connectivity index (χ0) is 15.8. The van der Waals surface area contributed by atoms with Crippen molar-refractivity contribution in [1.82, 2.24) is 15.1 Å². The number of hydrogen-bond donors (Lipinski definition) is 1. The molecule has 1 aliphatic heterocycles. The van der Waals surface area contributed by atoms with Crippen molar-refractivity contribution in [2.24, 2.45) is 11.8 Å². The fourth-order valence-corrected chi connectivity index (χ4v) is 3.04. The molecule has 1 saturated heterocycles. The Morgan fingerprint density at radius 1 is 1.09 bits per heavy atom. The lowest BCUT2D eigenvalue weighted by molar-refractivity contribution is -0.133. The summed E-state index contributed by atoms with van der Waals surface area (Å²) in [6, 6.07) is 0.545. The van der Waals surface area contributed by atoms with Crippen LogP contribution in [-0.2, 0) is 4.79 Å². The van der Waals surface area contributed by atoms with Crippen molar-refractivity contribution in [2.45, 2.75) is 53.0 Å². The first-order chi connectivity index (χ1) is 9.90. The minimum atomic E-state index is 0. The van der Waals surface area contributed by atoms with Crippen molar-refractivity contribution in [3.8, 4) is 0 Å². The number of nitrogens with one attached hydrogen (secondary N) is 1. The van der Waals surface area contributed by atoms with Crippen LogP contribution in [0.5, 0.6) is 0 Å². The van der Waals surface area contributed by atoms with E-state index in [2.05, 4.69) is 49.9 Å². The third-order valence-electron chi connectivity index (χ3n) is 4.08. The molecule has 1 fully saturated rings. The van der Waals surface area contributed by atoms with Gasteiger partial charge in [0.2, 0.25) is 5.91 Å². The summed E-state index contributed by atoms with van der Waals surface area (Å²) in [6.07, 6.45) is 3.56. The first-order valence-electron chi connectivity index (χ1n) is 8.58. The Labute approximate surface area is 143 Å². The predicted octanol–water partition coefficient (Wildman–Crippen LogP) is 2.62. The van der Waals surface area contributed by atoms with Gasteiger partial charge in [-0.2, -0.15) is 0 Å². The number of halogens is 1. The number of hydrogen-bond acceptors (Lipinski definition) is 3. The Hall–Kier alpha value is -0.320. The quantitative estimate of drug-likeness (QED) is 0.778. The summed E-state index contributed by atoms with van der Waals surface area (Å²) in [6.45, 7) is 13.2. The zero-order valence-corrected chi connectivity index (χ0v) is 15.9. The van der Waals surface area contributed by atoms with E-state index < -0.39 is 0 Å². The maximum Gasteiger partial charge on any atom is 0.236 e. The van der Waals surface area contributed by atoms with Crippen molar-refractivity contribution in [1.29, 1.82) is 0 Å². The van der Waals surface area contributed by atoms with E-state index in [9.17, 15) is 4.79 Å². The lowest BCUT2D eigenvalue weighted by Crippen LogP contribution is -2.45. The van der Waals surface area contributed by atoms with Crippen LogP contribution < -0.4 is 5.32 Å². The fraction of sp³-hybridized carbons (Fsp3) is 0.941. The molecule has 1 aliphatic rings. The van der Waals surface area contributed by atoms with E-state index in [1.807, 2.05) is 0 Å². The minimum Gasteiger partial charge on any atom is -0.341 e. The third kappa shape index (κ3) is 8.35. The molecule has 132 valence electrons. The molecule has 1 N–H and O–H groups in total. The summed E-state index contributed by atoms with van der Waals surface area (Å²) >= 11 is 0. The van der Waals surface area contributed by atoms with Crippen molar-refractivity contribution in [3.63, 3.8) is 0 Å². The van der Waals surface area contributed by atoms with Gasteiger partial charge in [0.25, 0.3) is 0 Å². The molecule has 1 rings (SSSR count). The average molecular weight is 334 g/mol. The van der Waals surface area contributed by atoms with Gasteiger partial charge in [0.15, 0.2) is 0 Å². The second kappa shape index (κ2) is 11.3. The Morgan fingerprint density at radius 2 is 1.68 bits per heavy atom. The lowest BCUT2D eigenvalue weighted by atomic mass is 10.1. The molecule has 0 aliphatic carbocycles. The Balaban J connectivity index is 0.00000441. The standard InChI is InChI=1S/C17H35N3O.ClH/c1-14(2)11-20(12-15(3)4)17(21)13-19(5)16-7-6-9-18-10-8-16;/h14-16,18H,6-13H2,1-5H3;1H.